The van der Waals surface area contributed by atoms with Gasteiger partial charge < -0.3 is 4.90 Å². The van der Waals surface area contributed by atoms with Crippen molar-refractivity contribution in [2.24, 2.45) is 0 Å². The molecule has 0 unspecified atom stereocenters. The zero-order chi connectivity index (χ0) is 19.1. The number of nitrogens with zero attached hydrogens (tertiary/aromatic N) is 3. The smallest absolute Gasteiger partial charge is 0.102 e. The number of nitriles is 2. The molecule has 2 aromatic rings. The highest BCUT2D eigenvalue weighted by Gasteiger charge is 2.25. The first-order valence-electron chi connectivity index (χ1n) is 9.47. The first-order valence-corrected chi connectivity index (χ1v) is 9.47. The molecule has 3 heteroatoms. The molecule has 0 radical (unpaired) electrons. The fourth-order valence-corrected chi connectivity index (χ4v) is 3.67. The van der Waals surface area contributed by atoms with Crippen molar-refractivity contribution >= 4 is 5.69 Å². The van der Waals surface area contributed by atoms with Gasteiger partial charge in [-0.1, -0.05) is 44.2 Å². The van der Waals surface area contributed by atoms with Crippen LogP contribution in [0.25, 0.3) is 11.1 Å². The van der Waals surface area contributed by atoms with Gasteiger partial charge in [0.1, 0.15) is 12.1 Å². The number of hydrogen-bond acceptors (Lipinski definition) is 3. The van der Waals surface area contributed by atoms with Crippen molar-refractivity contribution in [1.29, 1.82) is 10.5 Å². The zero-order valence-electron chi connectivity index (χ0n) is 16.2. The summed E-state index contributed by atoms with van der Waals surface area (Å²) < 4.78 is 0. The molecule has 134 valence electrons. The number of rotatable bonds is 7. The molecule has 3 nitrogen and oxygen atoms in total. The SMILES string of the molecule is CCC(CC)c1cc(-c2ccccc2)c(C#N)c(N(CC)CC)c1C#N. The van der Waals surface area contributed by atoms with Crippen molar-refractivity contribution in [2.75, 3.05) is 18.0 Å². The normalized spacial score (nSPS) is 10.4. The van der Waals surface area contributed by atoms with Crippen molar-refractivity contribution in [1.82, 2.24) is 0 Å². The summed E-state index contributed by atoms with van der Waals surface area (Å²) >= 11 is 0. The predicted octanol–water partition coefficient (Wildman–Crippen LogP) is 5.85. The summed E-state index contributed by atoms with van der Waals surface area (Å²) in [4.78, 5) is 2.13. The highest BCUT2D eigenvalue weighted by atomic mass is 15.1. The molecule has 2 aromatic carbocycles. The quantitative estimate of drug-likeness (QED) is 0.632. The van der Waals surface area contributed by atoms with E-state index in [1.807, 2.05) is 30.3 Å². The molecule has 0 bridgehead atoms. The largest absolute Gasteiger partial charge is 0.370 e. The summed E-state index contributed by atoms with van der Waals surface area (Å²) in [6.07, 6.45) is 1.95. The molecule has 0 fully saturated rings. The second-order valence-electron chi connectivity index (χ2n) is 6.39. The van der Waals surface area contributed by atoms with Crippen LogP contribution in [-0.2, 0) is 0 Å². The van der Waals surface area contributed by atoms with Gasteiger partial charge >= 0.3 is 0 Å². The number of benzene rings is 2. The molecule has 0 aliphatic rings. The van der Waals surface area contributed by atoms with Gasteiger partial charge in [-0.25, -0.2) is 0 Å². The molecule has 0 aliphatic heterocycles. The molecule has 0 N–H and O–H groups in total. The monoisotopic (exact) mass is 345 g/mol. The van der Waals surface area contributed by atoms with Crippen molar-refractivity contribution < 1.29 is 0 Å². The van der Waals surface area contributed by atoms with Crippen molar-refractivity contribution in [3.8, 4) is 23.3 Å². The molecule has 0 heterocycles. The van der Waals surface area contributed by atoms with Crippen LogP contribution in [0.2, 0.25) is 0 Å². The summed E-state index contributed by atoms with van der Waals surface area (Å²) in [5.74, 6) is 0.314. The van der Waals surface area contributed by atoms with E-state index in [4.69, 9.17) is 0 Å². The zero-order valence-corrected chi connectivity index (χ0v) is 16.2. The van der Waals surface area contributed by atoms with Crippen LogP contribution in [0, 0.1) is 22.7 Å². The number of anilines is 1. The summed E-state index contributed by atoms with van der Waals surface area (Å²) in [7, 11) is 0. The van der Waals surface area contributed by atoms with Crippen LogP contribution < -0.4 is 4.90 Å². The van der Waals surface area contributed by atoms with E-state index in [-0.39, 0.29) is 0 Å². The molecule has 2 rings (SSSR count). The Morgan fingerprint density at radius 1 is 0.885 bits per heavy atom. The van der Waals surface area contributed by atoms with Gasteiger partial charge in [-0.2, -0.15) is 10.5 Å². The maximum atomic E-state index is 9.98. The lowest BCUT2D eigenvalue weighted by Gasteiger charge is -2.28. The highest BCUT2D eigenvalue weighted by Crippen LogP contribution is 2.40. The van der Waals surface area contributed by atoms with E-state index in [1.165, 1.54) is 0 Å². The minimum absolute atomic E-state index is 0.314. The molecule has 0 saturated carbocycles. The van der Waals surface area contributed by atoms with Crippen LogP contribution in [0.5, 0.6) is 0 Å². The topological polar surface area (TPSA) is 50.8 Å². The Bertz CT molecular complexity index is 817. The average molecular weight is 345 g/mol. The first kappa shape index (κ1) is 19.5. The second-order valence-corrected chi connectivity index (χ2v) is 6.39. The molecule has 0 atom stereocenters. The van der Waals surface area contributed by atoms with Crippen molar-refractivity contribution in [3.63, 3.8) is 0 Å². The Morgan fingerprint density at radius 2 is 1.46 bits per heavy atom. The Balaban J connectivity index is 2.94. The van der Waals surface area contributed by atoms with E-state index in [0.29, 0.717) is 17.0 Å². The van der Waals surface area contributed by atoms with Gasteiger partial charge in [0, 0.05) is 18.7 Å². The van der Waals surface area contributed by atoms with Crippen LogP contribution in [-0.4, -0.2) is 13.1 Å². The lowest BCUT2D eigenvalue weighted by molar-refractivity contribution is 0.640. The minimum atomic E-state index is 0.314. The Kier molecular flexibility index (Phi) is 6.81. The second kappa shape index (κ2) is 9.07. The maximum Gasteiger partial charge on any atom is 0.102 e. The third kappa shape index (κ3) is 3.58. The standard InChI is InChI=1S/C23H27N3/c1-5-17(6-2)19-14-20(18-12-10-9-11-13-18)22(16-25)23(21(19)15-24)26(7-3)8-4/h9-14,17H,5-8H2,1-4H3. The Labute approximate surface area is 157 Å². The van der Waals surface area contributed by atoms with Gasteiger partial charge in [-0.05, 0) is 49.8 Å². The molecule has 0 spiro atoms. The van der Waals surface area contributed by atoms with Crippen LogP contribution in [0.4, 0.5) is 5.69 Å². The van der Waals surface area contributed by atoms with Gasteiger partial charge in [0.05, 0.1) is 16.8 Å². The lowest BCUT2D eigenvalue weighted by atomic mass is 9.84. The molecular formula is C23H27N3. The fraction of sp³-hybridized carbons (Fsp3) is 0.391. The van der Waals surface area contributed by atoms with E-state index in [2.05, 4.69) is 50.8 Å². The Morgan fingerprint density at radius 3 is 1.92 bits per heavy atom. The van der Waals surface area contributed by atoms with Gasteiger partial charge in [0.25, 0.3) is 0 Å². The fourth-order valence-electron chi connectivity index (χ4n) is 3.67. The van der Waals surface area contributed by atoms with Crippen LogP contribution in [0.1, 0.15) is 63.1 Å². The molecule has 26 heavy (non-hydrogen) atoms. The minimum Gasteiger partial charge on any atom is -0.370 e. The van der Waals surface area contributed by atoms with Gasteiger partial charge in [-0.3, -0.25) is 0 Å². The summed E-state index contributed by atoms with van der Waals surface area (Å²) in [6.45, 7) is 9.98. The van der Waals surface area contributed by atoms with Crippen LogP contribution >= 0.6 is 0 Å². The summed E-state index contributed by atoms with van der Waals surface area (Å²) in [5, 5.41) is 20.0. The van der Waals surface area contributed by atoms with E-state index in [0.717, 1.165) is 48.3 Å². The van der Waals surface area contributed by atoms with Gasteiger partial charge in [-0.15, -0.1) is 0 Å². The summed E-state index contributed by atoms with van der Waals surface area (Å²) in [6, 6.07) is 16.9. The van der Waals surface area contributed by atoms with Crippen LogP contribution in [0.15, 0.2) is 36.4 Å². The third-order valence-electron chi connectivity index (χ3n) is 5.14. The average Bonchev–Trinajstić information content (AvgIpc) is 2.70. The van der Waals surface area contributed by atoms with Gasteiger partial charge in [0.15, 0.2) is 0 Å². The van der Waals surface area contributed by atoms with E-state index in [9.17, 15) is 10.5 Å². The van der Waals surface area contributed by atoms with E-state index < -0.39 is 0 Å². The molecule has 0 amide bonds. The molecular weight excluding hydrogens is 318 g/mol. The summed E-state index contributed by atoms with van der Waals surface area (Å²) in [5.41, 5.74) is 5.08. The molecule has 0 aliphatic carbocycles. The molecule has 0 aromatic heterocycles. The third-order valence-corrected chi connectivity index (χ3v) is 5.14. The van der Waals surface area contributed by atoms with Crippen LogP contribution in [0.3, 0.4) is 0 Å². The molecule has 0 saturated heterocycles. The highest BCUT2D eigenvalue weighted by molar-refractivity contribution is 5.84. The van der Waals surface area contributed by atoms with Gasteiger partial charge in [0.2, 0.25) is 0 Å². The Hall–Kier alpha value is -2.78. The van der Waals surface area contributed by atoms with Crippen molar-refractivity contribution in [3.05, 3.63) is 53.1 Å². The van der Waals surface area contributed by atoms with E-state index >= 15 is 0 Å². The predicted molar refractivity (Wildman–Crippen MR) is 108 cm³/mol. The van der Waals surface area contributed by atoms with E-state index in [1.54, 1.807) is 0 Å². The maximum absolute atomic E-state index is 9.98. The lowest BCUT2D eigenvalue weighted by Crippen LogP contribution is -2.25. The van der Waals surface area contributed by atoms with Crippen molar-refractivity contribution in [2.45, 2.75) is 46.5 Å². The number of hydrogen-bond donors (Lipinski definition) is 0. The first-order chi connectivity index (χ1) is 12.7.